The number of benzene rings is 3. The van der Waals surface area contributed by atoms with Gasteiger partial charge >= 0.3 is 0 Å². The molecule has 0 unspecified atom stereocenters. The Labute approximate surface area is 185 Å². The number of carbonyl (C=O) groups excluding carboxylic acids is 1. The molecule has 0 bridgehead atoms. The molecule has 0 saturated carbocycles. The van der Waals surface area contributed by atoms with E-state index in [4.69, 9.17) is 27.9 Å². The molecule has 3 rings (SSSR count). The zero-order valence-electron chi connectivity index (χ0n) is 15.9. The standard InChI is InChI=1S/C21H18Cl2N2O4S/c1-29-20-12-9-16(13-19(20)23)24-21(26)14-25(17-10-7-15(22)8-11-17)30(27,28)18-5-3-2-4-6-18/h2-13H,14H2,1H3,(H,24,26). The number of carbonyl (C=O) groups is 1. The number of halogens is 2. The Morgan fingerprint density at radius 3 is 2.27 bits per heavy atom. The zero-order chi connectivity index (χ0) is 21.7. The predicted octanol–water partition coefficient (Wildman–Crippen LogP) is 4.84. The smallest absolute Gasteiger partial charge is 0.264 e. The van der Waals surface area contributed by atoms with Crippen LogP contribution in [0.1, 0.15) is 0 Å². The lowest BCUT2D eigenvalue weighted by molar-refractivity contribution is -0.114. The van der Waals surface area contributed by atoms with Crippen molar-refractivity contribution in [3.63, 3.8) is 0 Å². The Hall–Kier alpha value is -2.74. The Bertz CT molecular complexity index is 1140. The van der Waals surface area contributed by atoms with Gasteiger partial charge in [0.05, 0.1) is 22.7 Å². The van der Waals surface area contributed by atoms with Crippen LogP contribution in [-0.4, -0.2) is 28.0 Å². The Balaban J connectivity index is 1.90. The van der Waals surface area contributed by atoms with Crippen LogP contribution >= 0.6 is 23.2 Å². The summed E-state index contributed by atoms with van der Waals surface area (Å²) in [5.41, 5.74) is 0.727. The summed E-state index contributed by atoms with van der Waals surface area (Å²) in [5.74, 6) is -0.0743. The Morgan fingerprint density at radius 1 is 1.00 bits per heavy atom. The molecule has 0 radical (unpaired) electrons. The van der Waals surface area contributed by atoms with Crippen LogP contribution in [-0.2, 0) is 14.8 Å². The number of ether oxygens (including phenoxy) is 1. The first-order valence-electron chi connectivity index (χ1n) is 8.78. The molecule has 0 aliphatic heterocycles. The van der Waals surface area contributed by atoms with Gasteiger partial charge in [-0.3, -0.25) is 9.10 Å². The van der Waals surface area contributed by atoms with E-state index in [1.807, 2.05) is 0 Å². The van der Waals surface area contributed by atoms with Crippen molar-refractivity contribution < 1.29 is 17.9 Å². The van der Waals surface area contributed by atoms with Gasteiger partial charge in [0.2, 0.25) is 5.91 Å². The van der Waals surface area contributed by atoms with Crippen LogP contribution < -0.4 is 14.4 Å². The van der Waals surface area contributed by atoms with Crippen molar-refractivity contribution in [2.24, 2.45) is 0 Å². The van der Waals surface area contributed by atoms with E-state index in [0.717, 1.165) is 4.31 Å². The highest BCUT2D eigenvalue weighted by atomic mass is 35.5. The van der Waals surface area contributed by atoms with Gasteiger partial charge in [-0.05, 0) is 54.6 Å². The van der Waals surface area contributed by atoms with Crippen molar-refractivity contribution in [1.82, 2.24) is 0 Å². The van der Waals surface area contributed by atoms with Crippen LogP contribution in [0.4, 0.5) is 11.4 Å². The van der Waals surface area contributed by atoms with Crippen molar-refractivity contribution in [2.75, 3.05) is 23.3 Å². The summed E-state index contributed by atoms with van der Waals surface area (Å²) in [6.07, 6.45) is 0. The molecule has 0 saturated heterocycles. The number of sulfonamides is 1. The van der Waals surface area contributed by atoms with Gasteiger partial charge in [-0.1, -0.05) is 41.4 Å². The van der Waals surface area contributed by atoms with Gasteiger partial charge in [0, 0.05) is 10.7 Å². The average molecular weight is 465 g/mol. The Morgan fingerprint density at radius 2 is 1.67 bits per heavy atom. The third-order valence-corrected chi connectivity index (χ3v) is 6.50. The molecular formula is C21H18Cl2N2O4S. The van der Waals surface area contributed by atoms with Crippen LogP contribution in [0.2, 0.25) is 10.0 Å². The number of hydrogen-bond acceptors (Lipinski definition) is 4. The number of anilines is 2. The van der Waals surface area contributed by atoms with Gasteiger partial charge in [-0.2, -0.15) is 0 Å². The van der Waals surface area contributed by atoms with Crippen molar-refractivity contribution in [3.8, 4) is 5.75 Å². The summed E-state index contributed by atoms with van der Waals surface area (Å²) in [7, 11) is -2.51. The molecule has 0 atom stereocenters. The van der Waals surface area contributed by atoms with E-state index in [1.165, 1.54) is 25.3 Å². The molecule has 30 heavy (non-hydrogen) atoms. The summed E-state index contributed by atoms with van der Waals surface area (Å²) in [6, 6.07) is 18.8. The lowest BCUT2D eigenvalue weighted by Crippen LogP contribution is -2.38. The molecule has 1 N–H and O–H groups in total. The van der Waals surface area contributed by atoms with E-state index in [1.54, 1.807) is 54.6 Å². The van der Waals surface area contributed by atoms with Gasteiger partial charge in [0.15, 0.2) is 0 Å². The normalized spacial score (nSPS) is 11.0. The summed E-state index contributed by atoms with van der Waals surface area (Å²) >= 11 is 12.0. The van der Waals surface area contributed by atoms with Crippen molar-refractivity contribution in [1.29, 1.82) is 0 Å². The second kappa shape index (κ2) is 9.38. The molecule has 0 spiro atoms. The van der Waals surface area contributed by atoms with Crippen molar-refractivity contribution >= 4 is 50.5 Å². The first kappa shape index (κ1) is 22.0. The fourth-order valence-electron chi connectivity index (χ4n) is 2.72. The number of nitrogens with zero attached hydrogens (tertiary/aromatic N) is 1. The quantitative estimate of drug-likeness (QED) is 0.542. The number of rotatable bonds is 7. The van der Waals surface area contributed by atoms with Crippen LogP contribution in [0.3, 0.4) is 0 Å². The van der Waals surface area contributed by atoms with E-state index in [2.05, 4.69) is 5.32 Å². The summed E-state index contributed by atoms with van der Waals surface area (Å²) in [6.45, 7) is -0.442. The molecule has 0 aliphatic carbocycles. The molecule has 156 valence electrons. The van der Waals surface area contributed by atoms with Crippen molar-refractivity contribution in [3.05, 3.63) is 82.8 Å². The zero-order valence-corrected chi connectivity index (χ0v) is 18.2. The van der Waals surface area contributed by atoms with E-state index < -0.39 is 22.5 Å². The van der Waals surface area contributed by atoms with Crippen LogP contribution in [0.5, 0.6) is 5.75 Å². The minimum Gasteiger partial charge on any atom is -0.495 e. The lowest BCUT2D eigenvalue weighted by atomic mass is 10.3. The monoisotopic (exact) mass is 464 g/mol. The maximum Gasteiger partial charge on any atom is 0.264 e. The minimum absolute atomic E-state index is 0.0697. The van der Waals surface area contributed by atoms with Gasteiger partial charge < -0.3 is 10.1 Å². The number of nitrogens with one attached hydrogen (secondary N) is 1. The number of methoxy groups -OCH3 is 1. The third-order valence-electron chi connectivity index (χ3n) is 4.17. The molecule has 6 nitrogen and oxygen atoms in total. The second-order valence-corrected chi connectivity index (χ2v) is 8.90. The average Bonchev–Trinajstić information content (AvgIpc) is 2.73. The topological polar surface area (TPSA) is 75.7 Å². The van der Waals surface area contributed by atoms with E-state index in [0.29, 0.717) is 27.2 Å². The molecule has 9 heteroatoms. The van der Waals surface area contributed by atoms with Crippen molar-refractivity contribution in [2.45, 2.75) is 4.90 Å². The third kappa shape index (κ3) is 5.05. The second-order valence-electron chi connectivity index (χ2n) is 6.20. The van der Waals surface area contributed by atoms with Crippen LogP contribution in [0.15, 0.2) is 77.7 Å². The highest BCUT2D eigenvalue weighted by Gasteiger charge is 2.27. The largest absolute Gasteiger partial charge is 0.495 e. The van der Waals surface area contributed by atoms with Gasteiger partial charge in [-0.25, -0.2) is 8.42 Å². The van der Waals surface area contributed by atoms with E-state index >= 15 is 0 Å². The van der Waals surface area contributed by atoms with Crippen LogP contribution in [0, 0.1) is 0 Å². The molecule has 3 aromatic rings. The molecule has 0 aromatic heterocycles. The molecule has 3 aromatic carbocycles. The fourth-order valence-corrected chi connectivity index (χ4v) is 4.54. The highest BCUT2D eigenvalue weighted by Crippen LogP contribution is 2.28. The fraction of sp³-hybridized carbons (Fsp3) is 0.0952. The molecule has 0 aliphatic rings. The first-order valence-corrected chi connectivity index (χ1v) is 11.0. The Kier molecular flexibility index (Phi) is 6.87. The summed E-state index contributed by atoms with van der Waals surface area (Å²) < 4.78 is 32.6. The number of amides is 1. The van der Waals surface area contributed by atoms with Gasteiger partial charge in [0.25, 0.3) is 10.0 Å². The first-order chi connectivity index (χ1) is 14.3. The molecule has 1 amide bonds. The SMILES string of the molecule is COc1ccc(NC(=O)CN(c2ccc(Cl)cc2)S(=O)(=O)c2ccccc2)cc1Cl. The lowest BCUT2D eigenvalue weighted by Gasteiger charge is -2.24. The maximum atomic E-state index is 13.2. The molecule has 0 heterocycles. The summed E-state index contributed by atoms with van der Waals surface area (Å²) in [5, 5.41) is 3.43. The molecular weight excluding hydrogens is 447 g/mol. The maximum absolute atomic E-state index is 13.2. The predicted molar refractivity (Wildman–Crippen MR) is 119 cm³/mol. The van der Waals surface area contributed by atoms with Gasteiger partial charge in [-0.15, -0.1) is 0 Å². The van der Waals surface area contributed by atoms with Crippen LogP contribution in [0.25, 0.3) is 0 Å². The minimum atomic E-state index is -3.99. The highest BCUT2D eigenvalue weighted by molar-refractivity contribution is 7.92. The number of hydrogen-bond donors (Lipinski definition) is 1. The summed E-state index contributed by atoms with van der Waals surface area (Å²) in [4.78, 5) is 12.8. The molecule has 0 fully saturated rings. The van der Waals surface area contributed by atoms with E-state index in [-0.39, 0.29) is 4.90 Å². The van der Waals surface area contributed by atoms with E-state index in [9.17, 15) is 13.2 Å². The van der Waals surface area contributed by atoms with Gasteiger partial charge in [0.1, 0.15) is 12.3 Å².